The number of hydrogen-bond acceptors (Lipinski definition) is 13. The Morgan fingerprint density at radius 1 is 0.929 bits per heavy atom. The summed E-state index contributed by atoms with van der Waals surface area (Å²) < 4.78 is 34.2. The van der Waals surface area contributed by atoms with Crippen molar-refractivity contribution in [2.45, 2.75) is 55.3 Å². The molecule has 0 bridgehead atoms. The van der Waals surface area contributed by atoms with Gasteiger partial charge in [0.2, 0.25) is 0 Å². The molecule has 3 aromatic rings. The molecule has 6 N–H and O–H groups in total. The van der Waals surface area contributed by atoms with Crippen molar-refractivity contribution < 1.29 is 58.7 Å². The van der Waals surface area contributed by atoms with Gasteiger partial charge in [0.15, 0.2) is 11.0 Å². The van der Waals surface area contributed by atoms with Crippen molar-refractivity contribution in [1.29, 1.82) is 0 Å². The van der Waals surface area contributed by atoms with Crippen molar-refractivity contribution in [3.8, 4) is 28.6 Å². The molecule has 2 aromatic carbocycles. The first kappa shape index (κ1) is 30.2. The summed E-state index contributed by atoms with van der Waals surface area (Å²) in [6, 6.07) is 7.03. The SMILES string of the molecule is COC[C@H]1O[C@@H](c2c(OC)c([C@@H]3OC[C@H](OC)[C@H](O)[C@H]3O)c(O)c3c(=O)cc(-c4ccc(O)cc4)oc23)[C@H](O)C[C@@H]1O. The van der Waals surface area contributed by atoms with Gasteiger partial charge in [-0.15, -0.1) is 0 Å². The predicted molar refractivity (Wildman–Crippen MR) is 145 cm³/mol. The maximum absolute atomic E-state index is 13.6. The van der Waals surface area contributed by atoms with Gasteiger partial charge in [-0.2, -0.15) is 0 Å². The lowest BCUT2D eigenvalue weighted by Crippen LogP contribution is -2.50. The molecule has 2 aliphatic heterocycles. The van der Waals surface area contributed by atoms with Crippen LogP contribution in [-0.4, -0.2) is 102 Å². The molecular weight excluding hydrogens is 556 g/mol. The molecule has 2 fully saturated rings. The fourth-order valence-corrected chi connectivity index (χ4v) is 5.63. The van der Waals surface area contributed by atoms with Crippen molar-refractivity contribution in [3.63, 3.8) is 0 Å². The van der Waals surface area contributed by atoms with Gasteiger partial charge in [0.05, 0.1) is 43.7 Å². The summed E-state index contributed by atoms with van der Waals surface area (Å²) in [4.78, 5) is 13.6. The molecule has 0 saturated carbocycles. The lowest BCUT2D eigenvalue weighted by Gasteiger charge is -2.40. The standard InChI is InChI=1S/C29H34O13/c1-37-10-18-14(31)8-16(33)26(42-18)22-27(39-3)21(29-25(36)23(34)19(38-2)11-40-29)24(35)20-15(32)9-17(41-28(20)22)12-4-6-13(30)7-5-12/h4-7,9,14,16,18-19,23,25-26,29-31,33-36H,8,10-11H2,1-3H3/t14-,16+,18+,19-,23-,25+,26+,29-/m0/s1. The third-order valence-corrected chi connectivity index (χ3v) is 7.80. The van der Waals surface area contributed by atoms with Crippen LogP contribution in [0.3, 0.4) is 0 Å². The Morgan fingerprint density at radius 2 is 1.64 bits per heavy atom. The van der Waals surface area contributed by atoms with Crippen molar-refractivity contribution in [2.24, 2.45) is 0 Å². The van der Waals surface area contributed by atoms with Crippen LogP contribution in [0.4, 0.5) is 0 Å². The largest absolute Gasteiger partial charge is 0.508 e. The monoisotopic (exact) mass is 590 g/mol. The zero-order chi connectivity index (χ0) is 30.3. The van der Waals surface area contributed by atoms with Crippen LogP contribution in [0.15, 0.2) is 39.5 Å². The minimum Gasteiger partial charge on any atom is -0.508 e. The first-order chi connectivity index (χ1) is 20.1. The Kier molecular flexibility index (Phi) is 8.73. The van der Waals surface area contributed by atoms with E-state index >= 15 is 0 Å². The normalized spacial score (nSPS) is 30.0. The average molecular weight is 591 g/mol. The van der Waals surface area contributed by atoms with Crippen LogP contribution < -0.4 is 10.2 Å². The minimum absolute atomic E-state index is 0.00283. The molecule has 0 unspecified atom stereocenters. The second kappa shape index (κ2) is 12.1. The number of phenols is 2. The molecule has 0 radical (unpaired) electrons. The Balaban J connectivity index is 1.80. The molecule has 2 aliphatic rings. The molecule has 13 nitrogen and oxygen atoms in total. The number of methoxy groups -OCH3 is 3. The summed E-state index contributed by atoms with van der Waals surface area (Å²) >= 11 is 0. The van der Waals surface area contributed by atoms with Crippen LogP contribution in [0, 0.1) is 0 Å². The summed E-state index contributed by atoms with van der Waals surface area (Å²) in [5, 5.41) is 64.3. The van der Waals surface area contributed by atoms with Gasteiger partial charge in [-0.1, -0.05) is 0 Å². The van der Waals surface area contributed by atoms with Crippen LogP contribution in [-0.2, 0) is 18.9 Å². The Hall–Kier alpha value is -3.27. The summed E-state index contributed by atoms with van der Waals surface area (Å²) in [6.07, 6.45) is -9.95. The average Bonchev–Trinajstić information content (AvgIpc) is 2.96. The van der Waals surface area contributed by atoms with E-state index in [9.17, 15) is 35.4 Å². The molecule has 0 spiro atoms. The Bertz CT molecular complexity index is 1470. The van der Waals surface area contributed by atoms with Gasteiger partial charge in [-0.3, -0.25) is 4.79 Å². The topological polar surface area (TPSA) is 198 Å². The van der Waals surface area contributed by atoms with E-state index in [1.807, 2.05) is 0 Å². The van der Waals surface area contributed by atoms with Gasteiger partial charge in [0, 0.05) is 32.3 Å². The van der Waals surface area contributed by atoms with E-state index < -0.39 is 60.0 Å². The summed E-state index contributed by atoms with van der Waals surface area (Å²) in [7, 11) is 4.05. The molecule has 42 heavy (non-hydrogen) atoms. The molecule has 5 rings (SSSR count). The van der Waals surface area contributed by atoms with Crippen LogP contribution in [0.25, 0.3) is 22.3 Å². The second-order valence-corrected chi connectivity index (χ2v) is 10.4. The fraction of sp³-hybridized carbons (Fsp3) is 0.483. The highest BCUT2D eigenvalue weighted by atomic mass is 16.6. The summed E-state index contributed by atoms with van der Waals surface area (Å²) in [5.74, 6) is -0.678. The molecule has 2 saturated heterocycles. The Labute approximate surface area is 240 Å². The third kappa shape index (κ3) is 5.23. The quantitative estimate of drug-likeness (QED) is 0.227. The third-order valence-electron chi connectivity index (χ3n) is 7.80. The zero-order valence-electron chi connectivity index (χ0n) is 23.2. The van der Waals surface area contributed by atoms with E-state index in [0.29, 0.717) is 5.56 Å². The number of rotatable bonds is 7. The van der Waals surface area contributed by atoms with Gasteiger partial charge in [-0.25, -0.2) is 0 Å². The fourth-order valence-electron chi connectivity index (χ4n) is 5.63. The van der Waals surface area contributed by atoms with E-state index in [1.54, 1.807) is 0 Å². The van der Waals surface area contributed by atoms with E-state index in [-0.39, 0.29) is 59.0 Å². The van der Waals surface area contributed by atoms with E-state index in [4.69, 9.17) is 28.1 Å². The number of ether oxygens (including phenoxy) is 5. The van der Waals surface area contributed by atoms with Crippen molar-refractivity contribution in [1.82, 2.24) is 0 Å². The van der Waals surface area contributed by atoms with E-state index in [1.165, 1.54) is 45.6 Å². The number of benzene rings is 2. The first-order valence-electron chi connectivity index (χ1n) is 13.3. The Morgan fingerprint density at radius 3 is 2.29 bits per heavy atom. The van der Waals surface area contributed by atoms with Gasteiger partial charge in [-0.05, 0) is 24.3 Å². The van der Waals surface area contributed by atoms with Crippen LogP contribution in [0.2, 0.25) is 0 Å². The molecule has 0 amide bonds. The number of aliphatic hydroxyl groups is 4. The molecule has 228 valence electrons. The van der Waals surface area contributed by atoms with Crippen LogP contribution in [0.1, 0.15) is 29.8 Å². The van der Waals surface area contributed by atoms with Gasteiger partial charge in [0.1, 0.15) is 65.0 Å². The number of hydrogen-bond donors (Lipinski definition) is 6. The molecular formula is C29H34O13. The van der Waals surface area contributed by atoms with Crippen molar-refractivity contribution in [3.05, 3.63) is 51.7 Å². The maximum atomic E-state index is 13.6. The number of phenolic OH excluding ortho intramolecular Hbond substituents is 2. The number of fused-ring (bicyclic) bond motifs is 1. The molecule has 1 aromatic heterocycles. The van der Waals surface area contributed by atoms with Crippen LogP contribution in [0.5, 0.6) is 17.2 Å². The molecule has 3 heterocycles. The molecule has 0 aliphatic carbocycles. The lowest BCUT2D eigenvalue weighted by atomic mass is 9.86. The molecule has 13 heteroatoms. The molecule has 8 atom stereocenters. The lowest BCUT2D eigenvalue weighted by molar-refractivity contribution is -0.197. The van der Waals surface area contributed by atoms with Crippen molar-refractivity contribution in [2.75, 3.05) is 34.5 Å². The highest BCUT2D eigenvalue weighted by Crippen LogP contribution is 2.51. The van der Waals surface area contributed by atoms with Crippen molar-refractivity contribution >= 4 is 11.0 Å². The highest BCUT2D eigenvalue weighted by molar-refractivity contribution is 5.92. The number of aliphatic hydroxyl groups excluding tert-OH is 4. The van der Waals surface area contributed by atoms with Gasteiger partial charge < -0.3 is 58.7 Å². The maximum Gasteiger partial charge on any atom is 0.197 e. The zero-order valence-corrected chi connectivity index (χ0v) is 23.2. The van der Waals surface area contributed by atoms with Gasteiger partial charge >= 0.3 is 0 Å². The first-order valence-corrected chi connectivity index (χ1v) is 13.3. The second-order valence-electron chi connectivity index (χ2n) is 10.4. The smallest absolute Gasteiger partial charge is 0.197 e. The van der Waals surface area contributed by atoms with Gasteiger partial charge in [0.25, 0.3) is 0 Å². The minimum atomic E-state index is -1.61. The highest BCUT2D eigenvalue weighted by Gasteiger charge is 2.46. The summed E-state index contributed by atoms with van der Waals surface area (Å²) in [5.41, 5.74) is -0.589. The summed E-state index contributed by atoms with van der Waals surface area (Å²) in [6.45, 7) is -0.179. The van der Waals surface area contributed by atoms with E-state index in [0.717, 1.165) is 6.07 Å². The predicted octanol–water partition coefficient (Wildman–Crippen LogP) is 0.886. The van der Waals surface area contributed by atoms with Crippen LogP contribution >= 0.6 is 0 Å². The van der Waals surface area contributed by atoms with E-state index in [2.05, 4.69) is 0 Å². The number of aromatic hydroxyl groups is 2.